The minimum absolute atomic E-state index is 0.0995. The molecule has 1 N–H and O–H groups in total. The Labute approximate surface area is 190 Å². The molecule has 164 valence electrons. The van der Waals surface area contributed by atoms with E-state index in [-0.39, 0.29) is 18.2 Å². The standard InChI is InChI=1S/C23H26N2O4S2/c1-28-12-11-25(21(26)15-19-5-3-13-30-19)22(20-6-4-14-31-20)23(27)24-16-17-7-9-18(29-2)10-8-17/h3-10,13-14,22H,11-12,15-16H2,1-2H3,(H,24,27)/t22-/m1/s1. The van der Waals surface area contributed by atoms with Crippen LogP contribution >= 0.6 is 22.7 Å². The maximum absolute atomic E-state index is 13.3. The number of hydrogen-bond donors (Lipinski definition) is 1. The summed E-state index contributed by atoms with van der Waals surface area (Å²) in [5, 5.41) is 6.85. The first-order chi connectivity index (χ1) is 15.1. The molecular weight excluding hydrogens is 432 g/mol. The lowest BCUT2D eigenvalue weighted by Crippen LogP contribution is -2.45. The third kappa shape index (κ3) is 6.40. The van der Waals surface area contributed by atoms with E-state index in [2.05, 4.69) is 5.32 Å². The Kier molecular flexibility index (Phi) is 8.63. The highest BCUT2D eigenvalue weighted by molar-refractivity contribution is 7.10. The highest BCUT2D eigenvalue weighted by Gasteiger charge is 2.32. The van der Waals surface area contributed by atoms with Crippen LogP contribution < -0.4 is 10.1 Å². The van der Waals surface area contributed by atoms with E-state index in [0.717, 1.165) is 21.1 Å². The van der Waals surface area contributed by atoms with Gasteiger partial charge >= 0.3 is 0 Å². The number of amides is 2. The van der Waals surface area contributed by atoms with Gasteiger partial charge in [0, 0.05) is 30.0 Å². The van der Waals surface area contributed by atoms with E-state index in [1.165, 1.54) is 22.7 Å². The largest absolute Gasteiger partial charge is 0.497 e. The summed E-state index contributed by atoms with van der Waals surface area (Å²) >= 11 is 3.00. The van der Waals surface area contributed by atoms with Crippen molar-refractivity contribution in [3.63, 3.8) is 0 Å². The van der Waals surface area contributed by atoms with Crippen molar-refractivity contribution in [2.75, 3.05) is 27.4 Å². The van der Waals surface area contributed by atoms with Crippen LogP contribution in [0.2, 0.25) is 0 Å². The van der Waals surface area contributed by atoms with Gasteiger partial charge < -0.3 is 19.7 Å². The lowest BCUT2D eigenvalue weighted by Gasteiger charge is -2.30. The molecule has 0 saturated heterocycles. The van der Waals surface area contributed by atoms with Crippen molar-refractivity contribution in [3.8, 4) is 5.75 Å². The van der Waals surface area contributed by atoms with Crippen LogP contribution in [0, 0.1) is 0 Å². The van der Waals surface area contributed by atoms with Crippen LogP contribution in [0.25, 0.3) is 0 Å². The average Bonchev–Trinajstić information content (AvgIpc) is 3.49. The zero-order valence-electron chi connectivity index (χ0n) is 17.6. The molecule has 31 heavy (non-hydrogen) atoms. The van der Waals surface area contributed by atoms with Crippen molar-refractivity contribution < 1.29 is 19.1 Å². The van der Waals surface area contributed by atoms with Gasteiger partial charge in [0.25, 0.3) is 0 Å². The van der Waals surface area contributed by atoms with Gasteiger partial charge in [0.2, 0.25) is 11.8 Å². The van der Waals surface area contributed by atoms with Crippen LogP contribution in [-0.4, -0.2) is 44.1 Å². The van der Waals surface area contributed by atoms with E-state index in [0.29, 0.717) is 19.7 Å². The van der Waals surface area contributed by atoms with Gasteiger partial charge in [-0.25, -0.2) is 0 Å². The van der Waals surface area contributed by atoms with Crippen LogP contribution in [0.5, 0.6) is 5.75 Å². The van der Waals surface area contributed by atoms with E-state index in [4.69, 9.17) is 9.47 Å². The van der Waals surface area contributed by atoms with Gasteiger partial charge in [-0.3, -0.25) is 9.59 Å². The molecule has 3 rings (SSSR count). The summed E-state index contributed by atoms with van der Waals surface area (Å²) in [5.74, 6) is 0.447. The second-order valence-corrected chi connectivity index (χ2v) is 8.83. The molecule has 0 aliphatic rings. The Hall–Kier alpha value is -2.68. The molecule has 0 spiro atoms. The molecule has 0 unspecified atom stereocenters. The van der Waals surface area contributed by atoms with Crippen molar-refractivity contribution in [3.05, 3.63) is 74.6 Å². The topological polar surface area (TPSA) is 67.9 Å². The van der Waals surface area contributed by atoms with E-state index in [1.54, 1.807) is 19.1 Å². The van der Waals surface area contributed by atoms with Gasteiger partial charge in [0.1, 0.15) is 11.8 Å². The summed E-state index contributed by atoms with van der Waals surface area (Å²) in [4.78, 5) is 29.9. The van der Waals surface area contributed by atoms with E-state index in [1.807, 2.05) is 59.3 Å². The second kappa shape index (κ2) is 11.6. The normalized spacial score (nSPS) is 11.7. The number of nitrogens with one attached hydrogen (secondary N) is 1. The average molecular weight is 459 g/mol. The molecule has 1 aromatic carbocycles. The molecule has 2 amide bonds. The lowest BCUT2D eigenvalue weighted by atomic mass is 10.1. The van der Waals surface area contributed by atoms with Crippen molar-refractivity contribution in [2.24, 2.45) is 0 Å². The lowest BCUT2D eigenvalue weighted by molar-refractivity contribution is -0.141. The van der Waals surface area contributed by atoms with Gasteiger partial charge in [-0.1, -0.05) is 24.3 Å². The maximum Gasteiger partial charge on any atom is 0.248 e. The van der Waals surface area contributed by atoms with Gasteiger partial charge in [-0.15, -0.1) is 22.7 Å². The maximum atomic E-state index is 13.3. The fourth-order valence-corrected chi connectivity index (χ4v) is 4.68. The molecule has 2 heterocycles. The predicted molar refractivity (Wildman–Crippen MR) is 124 cm³/mol. The van der Waals surface area contributed by atoms with Crippen LogP contribution in [0.1, 0.15) is 21.4 Å². The van der Waals surface area contributed by atoms with Crippen LogP contribution in [0.15, 0.2) is 59.3 Å². The zero-order valence-corrected chi connectivity index (χ0v) is 19.2. The molecule has 0 fully saturated rings. The molecule has 1 atom stereocenters. The van der Waals surface area contributed by atoms with Crippen molar-refractivity contribution in [1.29, 1.82) is 0 Å². The molecule has 6 nitrogen and oxygen atoms in total. The summed E-state index contributed by atoms with van der Waals surface area (Å²) in [6.45, 7) is 1.05. The van der Waals surface area contributed by atoms with E-state index < -0.39 is 6.04 Å². The van der Waals surface area contributed by atoms with Crippen LogP contribution in [0.3, 0.4) is 0 Å². The summed E-state index contributed by atoms with van der Waals surface area (Å²) in [6.07, 6.45) is 0.259. The Morgan fingerprint density at radius 3 is 2.39 bits per heavy atom. The minimum atomic E-state index is -0.708. The van der Waals surface area contributed by atoms with Crippen molar-refractivity contribution in [2.45, 2.75) is 19.0 Å². The Balaban J connectivity index is 1.78. The summed E-state index contributed by atoms with van der Waals surface area (Å²) < 4.78 is 10.4. The number of carbonyl (C=O) groups excluding carboxylic acids is 2. The highest BCUT2D eigenvalue weighted by Crippen LogP contribution is 2.27. The second-order valence-electron chi connectivity index (χ2n) is 6.82. The number of hydrogen-bond acceptors (Lipinski definition) is 6. The minimum Gasteiger partial charge on any atom is -0.497 e. The molecule has 2 aromatic heterocycles. The fraction of sp³-hybridized carbons (Fsp3) is 0.304. The first-order valence-corrected chi connectivity index (χ1v) is 11.6. The summed E-state index contributed by atoms with van der Waals surface area (Å²) in [6, 6.07) is 14.4. The SMILES string of the molecule is COCCN(C(=O)Cc1cccs1)[C@@H](C(=O)NCc1ccc(OC)cc1)c1cccs1. The molecule has 0 bridgehead atoms. The van der Waals surface area contributed by atoms with E-state index in [9.17, 15) is 9.59 Å². The van der Waals surface area contributed by atoms with Crippen LogP contribution in [-0.2, 0) is 27.3 Å². The quantitative estimate of drug-likeness (QED) is 0.473. The van der Waals surface area contributed by atoms with Crippen molar-refractivity contribution >= 4 is 34.5 Å². The van der Waals surface area contributed by atoms with Gasteiger partial charge in [0.15, 0.2) is 0 Å². The number of rotatable bonds is 11. The Morgan fingerprint density at radius 2 is 1.77 bits per heavy atom. The number of ether oxygens (including phenoxy) is 2. The monoisotopic (exact) mass is 458 g/mol. The van der Waals surface area contributed by atoms with Gasteiger partial charge in [-0.05, 0) is 40.6 Å². The molecule has 3 aromatic rings. The molecule has 0 radical (unpaired) electrons. The number of methoxy groups -OCH3 is 2. The predicted octanol–water partition coefficient (Wildman–Crippen LogP) is 3.89. The first kappa shape index (κ1) is 23.0. The zero-order chi connectivity index (χ0) is 22.1. The number of carbonyl (C=O) groups is 2. The third-order valence-corrected chi connectivity index (χ3v) is 6.56. The molecule has 8 heteroatoms. The molecular formula is C23H26N2O4S2. The van der Waals surface area contributed by atoms with Crippen LogP contribution in [0.4, 0.5) is 0 Å². The Morgan fingerprint density at radius 1 is 1.03 bits per heavy atom. The summed E-state index contributed by atoms with van der Waals surface area (Å²) in [5.41, 5.74) is 0.951. The summed E-state index contributed by atoms with van der Waals surface area (Å²) in [7, 11) is 3.20. The smallest absolute Gasteiger partial charge is 0.248 e. The Bertz CT molecular complexity index is 941. The molecule has 0 saturated carbocycles. The van der Waals surface area contributed by atoms with Crippen molar-refractivity contribution in [1.82, 2.24) is 10.2 Å². The molecule has 0 aliphatic carbocycles. The molecule has 0 aliphatic heterocycles. The van der Waals surface area contributed by atoms with Gasteiger partial charge in [-0.2, -0.15) is 0 Å². The van der Waals surface area contributed by atoms with Gasteiger partial charge in [0.05, 0.1) is 20.1 Å². The highest BCUT2D eigenvalue weighted by atomic mass is 32.1. The first-order valence-electron chi connectivity index (χ1n) is 9.87. The number of thiophene rings is 2. The fourth-order valence-electron chi connectivity index (χ4n) is 3.15. The number of benzene rings is 1. The van der Waals surface area contributed by atoms with E-state index >= 15 is 0 Å². The number of nitrogens with zero attached hydrogens (tertiary/aromatic N) is 1. The third-order valence-electron chi connectivity index (χ3n) is 4.76.